The van der Waals surface area contributed by atoms with Gasteiger partial charge in [-0.3, -0.25) is 14.3 Å². The van der Waals surface area contributed by atoms with E-state index in [1.54, 1.807) is 6.07 Å². The molecule has 0 atom stereocenters. The normalized spacial score (nSPS) is 10.3. The summed E-state index contributed by atoms with van der Waals surface area (Å²) in [5, 5.41) is 18.3. The Morgan fingerprint density at radius 3 is 2.65 bits per heavy atom. The molecule has 1 aromatic carbocycles. The van der Waals surface area contributed by atoms with Gasteiger partial charge in [-0.1, -0.05) is 12.1 Å². The Kier molecular flexibility index (Phi) is 4.06. The summed E-state index contributed by atoms with van der Waals surface area (Å²) >= 11 is 0. The summed E-state index contributed by atoms with van der Waals surface area (Å²) in [6, 6.07) is 5.86. The van der Waals surface area contributed by atoms with Crippen molar-refractivity contribution in [2.24, 2.45) is 0 Å². The second kappa shape index (κ2) is 5.76. The first kappa shape index (κ1) is 14.1. The smallest absolute Gasteiger partial charge is 0.488 e. The van der Waals surface area contributed by atoms with Crippen molar-refractivity contribution in [3.63, 3.8) is 0 Å². The fourth-order valence-corrected chi connectivity index (χ4v) is 1.83. The molecule has 1 aromatic heterocycles. The molecule has 0 aliphatic heterocycles. The van der Waals surface area contributed by atoms with Gasteiger partial charge in [-0.25, -0.2) is 4.79 Å². The quantitative estimate of drug-likeness (QED) is 0.576. The summed E-state index contributed by atoms with van der Waals surface area (Å²) in [4.78, 5) is 24.8. The zero-order chi connectivity index (χ0) is 14.7. The lowest BCUT2D eigenvalue weighted by atomic mass is 9.79. The standard InChI is InChI=1S/C12H13BN2O5/c1-20-10-3-2-9(13(18)19)6-8(10)7-15-5-4-11(16)14-12(15)17/h2-6,18-19H,7H2,1H3,(H,14,16,17). The van der Waals surface area contributed by atoms with Crippen molar-refractivity contribution in [1.29, 1.82) is 0 Å². The molecule has 0 aliphatic carbocycles. The van der Waals surface area contributed by atoms with Crippen LogP contribution in [-0.2, 0) is 6.54 Å². The van der Waals surface area contributed by atoms with Crippen molar-refractivity contribution in [3.8, 4) is 5.75 Å². The molecule has 0 saturated heterocycles. The van der Waals surface area contributed by atoms with E-state index >= 15 is 0 Å². The fraction of sp³-hybridized carbons (Fsp3) is 0.167. The fourth-order valence-electron chi connectivity index (χ4n) is 1.83. The number of nitrogens with one attached hydrogen (secondary N) is 1. The summed E-state index contributed by atoms with van der Waals surface area (Å²) in [5.74, 6) is 0.507. The monoisotopic (exact) mass is 276 g/mol. The number of nitrogens with zero attached hydrogens (tertiary/aromatic N) is 1. The van der Waals surface area contributed by atoms with Gasteiger partial charge < -0.3 is 14.8 Å². The van der Waals surface area contributed by atoms with E-state index in [0.29, 0.717) is 16.8 Å². The third-order valence-electron chi connectivity index (χ3n) is 2.84. The Morgan fingerprint density at radius 2 is 2.05 bits per heavy atom. The molecule has 0 aliphatic rings. The van der Waals surface area contributed by atoms with E-state index in [-0.39, 0.29) is 6.54 Å². The molecule has 20 heavy (non-hydrogen) atoms. The Balaban J connectivity index is 2.43. The maximum absolute atomic E-state index is 11.6. The van der Waals surface area contributed by atoms with Crippen LogP contribution in [0, 0.1) is 0 Å². The average Bonchev–Trinajstić information content (AvgIpc) is 2.41. The topological polar surface area (TPSA) is 105 Å². The lowest BCUT2D eigenvalue weighted by molar-refractivity contribution is 0.407. The zero-order valence-electron chi connectivity index (χ0n) is 10.7. The number of hydrogen-bond donors (Lipinski definition) is 3. The molecule has 0 bridgehead atoms. The van der Waals surface area contributed by atoms with Gasteiger partial charge in [0.25, 0.3) is 5.56 Å². The van der Waals surface area contributed by atoms with E-state index in [2.05, 4.69) is 4.98 Å². The van der Waals surface area contributed by atoms with Crippen LogP contribution in [0.3, 0.4) is 0 Å². The molecule has 7 nitrogen and oxygen atoms in total. The van der Waals surface area contributed by atoms with E-state index < -0.39 is 18.4 Å². The number of aromatic amines is 1. The molecular weight excluding hydrogens is 263 g/mol. The number of benzene rings is 1. The van der Waals surface area contributed by atoms with Crippen molar-refractivity contribution in [3.05, 3.63) is 56.9 Å². The van der Waals surface area contributed by atoms with Crippen LogP contribution in [0.15, 0.2) is 40.1 Å². The number of hydrogen-bond acceptors (Lipinski definition) is 5. The van der Waals surface area contributed by atoms with E-state index in [4.69, 9.17) is 14.8 Å². The Labute approximate surface area is 114 Å². The van der Waals surface area contributed by atoms with Crippen molar-refractivity contribution in [2.45, 2.75) is 6.54 Å². The maximum atomic E-state index is 11.6. The van der Waals surface area contributed by atoms with Gasteiger partial charge in [0.1, 0.15) is 5.75 Å². The van der Waals surface area contributed by atoms with Crippen molar-refractivity contribution >= 4 is 12.6 Å². The number of rotatable bonds is 4. The van der Waals surface area contributed by atoms with Crippen LogP contribution in [0.25, 0.3) is 0 Å². The summed E-state index contributed by atoms with van der Waals surface area (Å²) in [6.45, 7) is 0.138. The first-order valence-corrected chi connectivity index (χ1v) is 5.84. The molecule has 0 amide bonds. The predicted octanol–water partition coefficient (Wildman–Crippen LogP) is -1.73. The molecule has 8 heteroatoms. The van der Waals surface area contributed by atoms with E-state index in [1.165, 1.54) is 36.1 Å². The highest BCUT2D eigenvalue weighted by atomic mass is 16.5. The minimum Gasteiger partial charge on any atom is -0.496 e. The van der Waals surface area contributed by atoms with Crippen LogP contribution < -0.4 is 21.4 Å². The molecule has 2 aromatic rings. The molecule has 0 radical (unpaired) electrons. The SMILES string of the molecule is COc1ccc(B(O)O)cc1Cn1ccc(=O)[nH]c1=O. The van der Waals surface area contributed by atoms with Gasteiger partial charge in [0, 0.05) is 17.8 Å². The molecule has 2 rings (SSSR count). The molecule has 0 fully saturated rings. The van der Waals surface area contributed by atoms with E-state index in [0.717, 1.165) is 0 Å². The zero-order valence-corrected chi connectivity index (χ0v) is 10.7. The van der Waals surface area contributed by atoms with Crippen LogP contribution in [-0.4, -0.2) is 33.8 Å². The van der Waals surface area contributed by atoms with Gasteiger partial charge in [-0.2, -0.15) is 0 Å². The van der Waals surface area contributed by atoms with Gasteiger partial charge in [0.05, 0.1) is 13.7 Å². The van der Waals surface area contributed by atoms with E-state index in [9.17, 15) is 9.59 Å². The number of aromatic nitrogens is 2. The van der Waals surface area contributed by atoms with E-state index in [1.807, 2.05) is 0 Å². The molecule has 0 saturated carbocycles. The highest BCUT2D eigenvalue weighted by molar-refractivity contribution is 6.58. The van der Waals surface area contributed by atoms with Crippen molar-refractivity contribution < 1.29 is 14.8 Å². The van der Waals surface area contributed by atoms with Crippen LogP contribution in [0.2, 0.25) is 0 Å². The molecule has 1 heterocycles. The lowest BCUT2D eigenvalue weighted by Crippen LogP contribution is -2.31. The van der Waals surface area contributed by atoms with Crippen LogP contribution in [0.4, 0.5) is 0 Å². The van der Waals surface area contributed by atoms with Crippen molar-refractivity contribution in [1.82, 2.24) is 9.55 Å². The third kappa shape index (κ3) is 2.98. The van der Waals surface area contributed by atoms with Crippen molar-refractivity contribution in [2.75, 3.05) is 7.11 Å². The first-order chi connectivity index (χ1) is 9.51. The third-order valence-corrected chi connectivity index (χ3v) is 2.84. The summed E-state index contributed by atoms with van der Waals surface area (Å²) in [5.41, 5.74) is -0.141. The maximum Gasteiger partial charge on any atom is 0.488 e. The molecule has 0 unspecified atom stereocenters. The minimum atomic E-state index is -1.60. The average molecular weight is 276 g/mol. The largest absolute Gasteiger partial charge is 0.496 e. The Hall–Kier alpha value is -2.32. The molecule has 3 N–H and O–H groups in total. The first-order valence-electron chi connectivity index (χ1n) is 5.84. The highest BCUT2D eigenvalue weighted by Gasteiger charge is 2.14. The van der Waals surface area contributed by atoms with Gasteiger partial charge in [-0.05, 0) is 11.5 Å². The second-order valence-corrected chi connectivity index (χ2v) is 4.18. The van der Waals surface area contributed by atoms with Crippen LogP contribution in [0.1, 0.15) is 5.56 Å². The number of H-pyrrole nitrogens is 1. The summed E-state index contributed by atoms with van der Waals surface area (Å²) < 4.78 is 6.45. The Bertz CT molecular complexity index is 722. The summed E-state index contributed by atoms with van der Waals surface area (Å²) in [6.07, 6.45) is 1.36. The summed E-state index contributed by atoms with van der Waals surface area (Å²) in [7, 11) is -0.129. The van der Waals surface area contributed by atoms with Gasteiger partial charge in [-0.15, -0.1) is 0 Å². The minimum absolute atomic E-state index is 0.138. The van der Waals surface area contributed by atoms with Gasteiger partial charge in [0.15, 0.2) is 0 Å². The Morgan fingerprint density at radius 1 is 1.30 bits per heavy atom. The lowest BCUT2D eigenvalue weighted by Gasteiger charge is -2.11. The molecular formula is C12H13BN2O5. The van der Waals surface area contributed by atoms with Crippen LogP contribution >= 0.6 is 0 Å². The predicted molar refractivity (Wildman–Crippen MR) is 73.2 cm³/mol. The van der Waals surface area contributed by atoms with Crippen LogP contribution in [0.5, 0.6) is 5.75 Å². The second-order valence-electron chi connectivity index (χ2n) is 4.18. The number of methoxy groups -OCH3 is 1. The highest BCUT2D eigenvalue weighted by Crippen LogP contribution is 2.17. The van der Waals surface area contributed by atoms with Gasteiger partial charge in [0.2, 0.25) is 0 Å². The number of ether oxygens (including phenoxy) is 1. The molecule has 104 valence electrons. The van der Waals surface area contributed by atoms with Gasteiger partial charge >= 0.3 is 12.8 Å². The molecule has 0 spiro atoms.